The minimum absolute atomic E-state index is 0.00441. The average molecular weight is 288 g/mol. The molecule has 1 aromatic heterocycles. The van der Waals surface area contributed by atoms with Crippen molar-refractivity contribution in [2.24, 2.45) is 0 Å². The third kappa shape index (κ3) is 2.91. The molecule has 0 spiro atoms. The summed E-state index contributed by atoms with van der Waals surface area (Å²) in [5, 5.41) is 14.5. The van der Waals surface area contributed by atoms with E-state index in [0.29, 0.717) is 16.6 Å². The Morgan fingerprint density at radius 3 is 2.71 bits per heavy atom. The van der Waals surface area contributed by atoms with Gasteiger partial charge in [-0.05, 0) is 25.1 Å². The molecule has 0 radical (unpaired) electrons. The zero-order chi connectivity index (χ0) is 15.6. The fourth-order valence-corrected chi connectivity index (χ4v) is 2.12. The third-order valence-corrected chi connectivity index (χ3v) is 3.13. The van der Waals surface area contributed by atoms with Gasteiger partial charge in [-0.2, -0.15) is 0 Å². The Balaban J connectivity index is 2.45. The average Bonchev–Trinajstić information content (AvgIpc) is 2.46. The van der Waals surface area contributed by atoms with Crippen LogP contribution in [0.5, 0.6) is 0 Å². The second kappa shape index (κ2) is 5.74. The van der Waals surface area contributed by atoms with Gasteiger partial charge in [-0.15, -0.1) is 0 Å². The molecule has 1 unspecified atom stereocenters. The summed E-state index contributed by atoms with van der Waals surface area (Å²) in [5.74, 6) is -0.0857. The van der Waals surface area contributed by atoms with E-state index in [9.17, 15) is 14.9 Å². The number of non-ortho nitro benzene ring substituents is 1. The summed E-state index contributed by atoms with van der Waals surface area (Å²) in [7, 11) is 3.35. The summed E-state index contributed by atoms with van der Waals surface area (Å²) < 4.78 is 0. The number of nitrogens with zero attached hydrogens (tertiary/aromatic N) is 3. The number of amides is 1. The van der Waals surface area contributed by atoms with Crippen LogP contribution in [-0.2, 0) is 4.79 Å². The van der Waals surface area contributed by atoms with Gasteiger partial charge in [-0.25, -0.2) is 0 Å². The number of aromatic nitrogens is 1. The van der Waals surface area contributed by atoms with Gasteiger partial charge in [0.15, 0.2) is 0 Å². The van der Waals surface area contributed by atoms with E-state index in [0.717, 1.165) is 0 Å². The molecule has 0 saturated carbocycles. The van der Waals surface area contributed by atoms with Gasteiger partial charge in [0.25, 0.3) is 5.69 Å². The molecule has 2 aromatic rings. The van der Waals surface area contributed by atoms with Crippen molar-refractivity contribution in [3.05, 3.63) is 40.6 Å². The second-order valence-corrected chi connectivity index (χ2v) is 4.89. The third-order valence-electron chi connectivity index (χ3n) is 3.13. The van der Waals surface area contributed by atoms with E-state index in [2.05, 4.69) is 10.3 Å². The van der Waals surface area contributed by atoms with E-state index in [1.165, 1.54) is 11.0 Å². The number of anilines is 1. The van der Waals surface area contributed by atoms with Crippen LogP contribution in [0.15, 0.2) is 30.5 Å². The molecule has 1 aromatic carbocycles. The molecular formula is C14H16N4O3. The number of benzene rings is 1. The topological polar surface area (TPSA) is 88.4 Å². The number of likely N-dealkylation sites (N-methyl/N-ethyl adjacent to an activating group) is 1. The molecule has 2 rings (SSSR count). The Labute approximate surface area is 121 Å². The molecule has 0 aliphatic rings. The first-order chi connectivity index (χ1) is 9.91. The zero-order valence-corrected chi connectivity index (χ0v) is 12.0. The van der Waals surface area contributed by atoms with Gasteiger partial charge in [-0.3, -0.25) is 19.9 Å². The lowest BCUT2D eigenvalue weighted by molar-refractivity contribution is -0.383. The number of carbonyl (C=O) groups is 1. The number of rotatable bonds is 4. The Morgan fingerprint density at radius 1 is 1.38 bits per heavy atom. The molecule has 1 N–H and O–H groups in total. The maximum atomic E-state index is 11.9. The van der Waals surface area contributed by atoms with Crippen LogP contribution in [0.3, 0.4) is 0 Å². The highest BCUT2D eigenvalue weighted by Crippen LogP contribution is 2.30. The second-order valence-electron chi connectivity index (χ2n) is 4.89. The minimum Gasteiger partial charge on any atom is -0.372 e. The summed E-state index contributed by atoms with van der Waals surface area (Å²) in [6, 6.07) is 5.83. The van der Waals surface area contributed by atoms with Crippen molar-refractivity contribution in [3.8, 4) is 0 Å². The first-order valence-corrected chi connectivity index (χ1v) is 6.41. The van der Waals surface area contributed by atoms with Gasteiger partial charge in [0, 0.05) is 26.4 Å². The lowest BCUT2D eigenvalue weighted by Crippen LogP contribution is -2.36. The summed E-state index contributed by atoms with van der Waals surface area (Å²) in [5.41, 5.74) is 1.07. The summed E-state index contributed by atoms with van der Waals surface area (Å²) in [4.78, 5) is 28.2. The van der Waals surface area contributed by atoms with Crippen LogP contribution < -0.4 is 5.32 Å². The normalized spacial score (nSPS) is 12.0. The summed E-state index contributed by atoms with van der Waals surface area (Å²) in [6.07, 6.45) is 1.57. The maximum Gasteiger partial charge on any atom is 0.278 e. The quantitative estimate of drug-likeness (QED) is 0.687. The van der Waals surface area contributed by atoms with Crippen molar-refractivity contribution in [1.29, 1.82) is 0 Å². The molecule has 21 heavy (non-hydrogen) atoms. The fraction of sp³-hybridized carbons (Fsp3) is 0.286. The van der Waals surface area contributed by atoms with Crippen molar-refractivity contribution in [2.75, 3.05) is 19.4 Å². The van der Waals surface area contributed by atoms with Crippen LogP contribution in [0.4, 0.5) is 11.4 Å². The summed E-state index contributed by atoms with van der Waals surface area (Å²) in [6.45, 7) is 1.73. The van der Waals surface area contributed by atoms with E-state index in [1.807, 2.05) is 0 Å². The number of pyridine rings is 1. The van der Waals surface area contributed by atoms with Crippen LogP contribution in [-0.4, -0.2) is 40.9 Å². The Hall–Kier alpha value is -2.70. The number of carbonyl (C=O) groups excluding carboxylic acids is 1. The largest absolute Gasteiger partial charge is 0.372 e. The van der Waals surface area contributed by atoms with Crippen LogP contribution in [0, 0.1) is 10.1 Å². The van der Waals surface area contributed by atoms with E-state index in [4.69, 9.17) is 0 Å². The predicted molar refractivity (Wildman–Crippen MR) is 80.2 cm³/mol. The highest BCUT2D eigenvalue weighted by molar-refractivity contribution is 5.98. The van der Waals surface area contributed by atoms with Crippen LogP contribution in [0.2, 0.25) is 0 Å². The molecule has 1 amide bonds. The highest BCUT2D eigenvalue weighted by atomic mass is 16.6. The van der Waals surface area contributed by atoms with Gasteiger partial charge in [0.2, 0.25) is 5.91 Å². The van der Waals surface area contributed by atoms with E-state index in [1.54, 1.807) is 45.4 Å². The van der Waals surface area contributed by atoms with Crippen molar-refractivity contribution < 1.29 is 9.72 Å². The molecule has 1 heterocycles. The van der Waals surface area contributed by atoms with Crippen LogP contribution in [0.25, 0.3) is 10.9 Å². The van der Waals surface area contributed by atoms with E-state index < -0.39 is 11.0 Å². The van der Waals surface area contributed by atoms with Crippen LogP contribution in [0.1, 0.15) is 6.92 Å². The number of nitrogens with one attached hydrogen (secondary N) is 1. The van der Waals surface area contributed by atoms with Crippen molar-refractivity contribution in [2.45, 2.75) is 13.0 Å². The van der Waals surface area contributed by atoms with Gasteiger partial charge >= 0.3 is 0 Å². The first kappa shape index (κ1) is 14.7. The molecule has 7 heteroatoms. The van der Waals surface area contributed by atoms with Crippen LogP contribution >= 0.6 is 0 Å². The molecule has 0 aliphatic heterocycles. The Kier molecular flexibility index (Phi) is 4.02. The molecular weight excluding hydrogens is 272 g/mol. The maximum absolute atomic E-state index is 11.9. The smallest absolute Gasteiger partial charge is 0.278 e. The predicted octanol–water partition coefficient (Wildman–Crippen LogP) is 2.03. The van der Waals surface area contributed by atoms with Gasteiger partial charge < -0.3 is 10.2 Å². The van der Waals surface area contributed by atoms with Gasteiger partial charge in [-0.1, -0.05) is 0 Å². The monoisotopic (exact) mass is 288 g/mol. The van der Waals surface area contributed by atoms with E-state index >= 15 is 0 Å². The SMILES string of the molecule is CC(Nc1ccc([N+](=O)[O-])c2cccnc12)C(=O)N(C)C. The molecule has 0 fully saturated rings. The molecule has 7 nitrogen and oxygen atoms in total. The van der Waals surface area contributed by atoms with E-state index in [-0.39, 0.29) is 11.6 Å². The van der Waals surface area contributed by atoms with Gasteiger partial charge in [0.1, 0.15) is 11.6 Å². The Morgan fingerprint density at radius 2 is 2.10 bits per heavy atom. The zero-order valence-electron chi connectivity index (χ0n) is 12.0. The molecule has 0 saturated heterocycles. The lowest BCUT2D eigenvalue weighted by atomic mass is 10.1. The molecule has 0 bridgehead atoms. The molecule has 110 valence electrons. The Bertz CT molecular complexity index is 700. The lowest BCUT2D eigenvalue weighted by Gasteiger charge is -2.19. The number of fused-ring (bicyclic) bond motifs is 1. The number of hydrogen-bond acceptors (Lipinski definition) is 5. The fourth-order valence-electron chi connectivity index (χ4n) is 2.12. The highest BCUT2D eigenvalue weighted by Gasteiger charge is 2.19. The number of nitro groups is 1. The molecule has 0 aliphatic carbocycles. The summed E-state index contributed by atoms with van der Waals surface area (Å²) >= 11 is 0. The number of nitro benzene ring substituents is 1. The first-order valence-electron chi connectivity index (χ1n) is 6.41. The molecule has 1 atom stereocenters. The number of hydrogen-bond donors (Lipinski definition) is 1. The standard InChI is InChI=1S/C14H16N4O3/c1-9(14(19)17(2)3)16-11-6-7-12(18(20)21)10-5-4-8-15-13(10)11/h4-9,16H,1-3H3. The van der Waals surface area contributed by atoms with Gasteiger partial charge in [0.05, 0.1) is 16.0 Å². The van der Waals surface area contributed by atoms with Crippen molar-refractivity contribution >= 4 is 28.2 Å². The van der Waals surface area contributed by atoms with Crippen molar-refractivity contribution in [3.63, 3.8) is 0 Å². The van der Waals surface area contributed by atoms with Crippen molar-refractivity contribution in [1.82, 2.24) is 9.88 Å². The minimum atomic E-state index is -0.452.